The van der Waals surface area contributed by atoms with Gasteiger partial charge in [0.15, 0.2) is 0 Å². The fraction of sp³-hybridized carbons (Fsp3) is 0.500. The highest BCUT2D eigenvalue weighted by atomic mass is 127. The summed E-state index contributed by atoms with van der Waals surface area (Å²) in [7, 11) is 0. The summed E-state index contributed by atoms with van der Waals surface area (Å²) in [5, 5.41) is 10.8. The Balaban J connectivity index is 2.25. The number of hydrogen-bond acceptors (Lipinski definition) is 1. The lowest BCUT2D eigenvalue weighted by molar-refractivity contribution is 0.0922. The van der Waals surface area contributed by atoms with Crippen LogP contribution < -0.4 is 0 Å². The molecule has 0 radical (unpaired) electrons. The van der Waals surface area contributed by atoms with Crippen LogP contribution in [0.5, 0.6) is 0 Å². The molecule has 0 spiro atoms. The zero-order chi connectivity index (χ0) is 13.0. The van der Waals surface area contributed by atoms with Crippen molar-refractivity contribution in [1.29, 1.82) is 0 Å². The van der Waals surface area contributed by atoms with Gasteiger partial charge in [-0.05, 0) is 78.5 Å². The molecule has 2 heteroatoms. The van der Waals surface area contributed by atoms with Crippen molar-refractivity contribution in [3.8, 4) is 0 Å². The second kappa shape index (κ2) is 6.20. The summed E-state index contributed by atoms with van der Waals surface area (Å²) < 4.78 is 1.21. The SMILES string of the molecule is CC(O)(/C1=C/CCCCCC1)c1ccc(I)cc1. The molecule has 0 aromatic heterocycles. The van der Waals surface area contributed by atoms with Crippen LogP contribution in [0.1, 0.15) is 51.0 Å². The fourth-order valence-electron chi connectivity index (χ4n) is 2.59. The lowest BCUT2D eigenvalue weighted by Gasteiger charge is -2.28. The number of halogens is 1. The molecular weight excluding hydrogens is 335 g/mol. The summed E-state index contributed by atoms with van der Waals surface area (Å²) >= 11 is 2.29. The molecule has 0 saturated heterocycles. The molecule has 1 nitrogen and oxygen atoms in total. The predicted octanol–water partition coefficient (Wildman–Crippen LogP) is 4.78. The van der Waals surface area contributed by atoms with Gasteiger partial charge in [-0.2, -0.15) is 0 Å². The van der Waals surface area contributed by atoms with E-state index in [1.165, 1.54) is 34.8 Å². The topological polar surface area (TPSA) is 20.2 Å². The molecule has 1 aliphatic rings. The average Bonchev–Trinajstić information content (AvgIpc) is 2.28. The molecule has 1 aliphatic carbocycles. The molecule has 0 saturated carbocycles. The van der Waals surface area contributed by atoms with Gasteiger partial charge in [0.2, 0.25) is 0 Å². The fourth-order valence-corrected chi connectivity index (χ4v) is 2.95. The minimum atomic E-state index is -0.804. The van der Waals surface area contributed by atoms with Crippen LogP contribution in [0.3, 0.4) is 0 Å². The average molecular weight is 356 g/mol. The molecule has 98 valence electrons. The van der Waals surface area contributed by atoms with E-state index in [-0.39, 0.29) is 0 Å². The summed E-state index contributed by atoms with van der Waals surface area (Å²) in [6, 6.07) is 8.21. The molecule has 1 unspecified atom stereocenters. The molecular formula is C16H21IO. The van der Waals surface area contributed by atoms with Gasteiger partial charge in [-0.25, -0.2) is 0 Å². The Morgan fingerprint density at radius 3 is 2.44 bits per heavy atom. The smallest absolute Gasteiger partial charge is 0.108 e. The van der Waals surface area contributed by atoms with Gasteiger partial charge < -0.3 is 5.11 Å². The minimum absolute atomic E-state index is 0.804. The van der Waals surface area contributed by atoms with Crippen molar-refractivity contribution < 1.29 is 5.11 Å². The Labute approximate surface area is 123 Å². The third-order valence-corrected chi connectivity index (χ3v) is 4.54. The standard InChI is InChI=1S/C16H21IO/c1-16(18,14-9-11-15(17)12-10-14)13-7-5-3-2-4-6-8-13/h7,9-12,18H,2-6,8H2,1H3/b13-7+. The summed E-state index contributed by atoms with van der Waals surface area (Å²) in [4.78, 5) is 0. The second-order valence-electron chi connectivity index (χ2n) is 5.26. The van der Waals surface area contributed by atoms with Crippen molar-refractivity contribution in [2.75, 3.05) is 0 Å². The molecule has 1 aromatic carbocycles. The maximum Gasteiger partial charge on any atom is 0.108 e. The van der Waals surface area contributed by atoms with Crippen LogP contribution in [-0.2, 0) is 5.60 Å². The van der Waals surface area contributed by atoms with Gasteiger partial charge in [0, 0.05) is 3.57 Å². The second-order valence-corrected chi connectivity index (χ2v) is 6.51. The Kier molecular flexibility index (Phi) is 4.84. The zero-order valence-electron chi connectivity index (χ0n) is 11.0. The largest absolute Gasteiger partial charge is 0.381 e. The summed E-state index contributed by atoms with van der Waals surface area (Å²) in [5.74, 6) is 0. The van der Waals surface area contributed by atoms with E-state index in [0.29, 0.717) is 0 Å². The van der Waals surface area contributed by atoms with Gasteiger partial charge in [0.05, 0.1) is 0 Å². The first-order valence-electron chi connectivity index (χ1n) is 6.78. The minimum Gasteiger partial charge on any atom is -0.381 e. The quantitative estimate of drug-likeness (QED) is 0.597. The zero-order valence-corrected chi connectivity index (χ0v) is 13.1. The van der Waals surface area contributed by atoms with Crippen LogP contribution in [0, 0.1) is 3.57 Å². The van der Waals surface area contributed by atoms with Gasteiger partial charge in [0.25, 0.3) is 0 Å². The van der Waals surface area contributed by atoms with Crippen LogP contribution in [0.25, 0.3) is 0 Å². The van der Waals surface area contributed by atoms with E-state index < -0.39 is 5.60 Å². The maximum atomic E-state index is 10.8. The number of rotatable bonds is 2. The van der Waals surface area contributed by atoms with Crippen molar-refractivity contribution in [3.63, 3.8) is 0 Å². The summed E-state index contributed by atoms with van der Waals surface area (Å²) in [6.07, 6.45) is 9.47. The molecule has 1 atom stereocenters. The van der Waals surface area contributed by atoms with Gasteiger partial charge >= 0.3 is 0 Å². The molecule has 0 fully saturated rings. The summed E-state index contributed by atoms with van der Waals surface area (Å²) in [6.45, 7) is 1.93. The van der Waals surface area contributed by atoms with Crippen LogP contribution in [0.15, 0.2) is 35.9 Å². The number of hydrogen-bond donors (Lipinski definition) is 1. The van der Waals surface area contributed by atoms with E-state index in [0.717, 1.165) is 18.4 Å². The van der Waals surface area contributed by atoms with Crippen molar-refractivity contribution >= 4 is 22.6 Å². The molecule has 2 rings (SSSR count). The van der Waals surface area contributed by atoms with E-state index in [9.17, 15) is 5.11 Å². The van der Waals surface area contributed by atoms with Crippen LogP contribution in [0.4, 0.5) is 0 Å². The van der Waals surface area contributed by atoms with E-state index in [1.807, 2.05) is 19.1 Å². The third-order valence-electron chi connectivity index (χ3n) is 3.82. The Morgan fingerprint density at radius 1 is 1.06 bits per heavy atom. The van der Waals surface area contributed by atoms with Crippen LogP contribution >= 0.6 is 22.6 Å². The molecule has 0 heterocycles. The first-order chi connectivity index (χ1) is 8.60. The van der Waals surface area contributed by atoms with Gasteiger partial charge in [-0.1, -0.05) is 31.1 Å². The maximum absolute atomic E-state index is 10.8. The first kappa shape index (κ1) is 14.1. The molecule has 1 aromatic rings. The van der Waals surface area contributed by atoms with E-state index in [4.69, 9.17) is 0 Å². The molecule has 0 amide bonds. The number of benzene rings is 1. The number of aliphatic hydroxyl groups is 1. The third kappa shape index (κ3) is 3.35. The Hall–Kier alpha value is -0.350. The monoisotopic (exact) mass is 356 g/mol. The Bertz CT molecular complexity index is 417. The van der Waals surface area contributed by atoms with E-state index >= 15 is 0 Å². The molecule has 18 heavy (non-hydrogen) atoms. The highest BCUT2D eigenvalue weighted by Crippen LogP contribution is 2.34. The number of allylic oxidation sites excluding steroid dienone is 1. The van der Waals surface area contributed by atoms with Gasteiger partial charge in [-0.3, -0.25) is 0 Å². The molecule has 0 bridgehead atoms. The van der Waals surface area contributed by atoms with Crippen molar-refractivity contribution in [3.05, 3.63) is 45.0 Å². The van der Waals surface area contributed by atoms with Crippen LogP contribution in [0.2, 0.25) is 0 Å². The van der Waals surface area contributed by atoms with Gasteiger partial charge in [0.1, 0.15) is 5.60 Å². The molecule has 0 aliphatic heterocycles. The normalized spacial score (nSPS) is 23.4. The van der Waals surface area contributed by atoms with Crippen molar-refractivity contribution in [2.24, 2.45) is 0 Å². The van der Waals surface area contributed by atoms with E-state index in [2.05, 4.69) is 40.8 Å². The highest BCUT2D eigenvalue weighted by Gasteiger charge is 2.27. The lowest BCUT2D eigenvalue weighted by Crippen LogP contribution is -2.24. The van der Waals surface area contributed by atoms with Crippen LogP contribution in [-0.4, -0.2) is 5.11 Å². The van der Waals surface area contributed by atoms with Gasteiger partial charge in [-0.15, -0.1) is 0 Å². The summed E-state index contributed by atoms with van der Waals surface area (Å²) in [5.41, 5.74) is 1.40. The molecule has 1 N–H and O–H groups in total. The van der Waals surface area contributed by atoms with Crippen molar-refractivity contribution in [2.45, 2.75) is 51.0 Å². The van der Waals surface area contributed by atoms with E-state index in [1.54, 1.807) is 0 Å². The first-order valence-corrected chi connectivity index (χ1v) is 7.86. The van der Waals surface area contributed by atoms with Crippen molar-refractivity contribution in [1.82, 2.24) is 0 Å². The highest BCUT2D eigenvalue weighted by molar-refractivity contribution is 14.1. The lowest BCUT2D eigenvalue weighted by atomic mass is 9.83. The predicted molar refractivity (Wildman–Crippen MR) is 84.5 cm³/mol. The Morgan fingerprint density at radius 2 is 1.72 bits per heavy atom.